The van der Waals surface area contributed by atoms with Crippen LogP contribution in [0.2, 0.25) is 5.15 Å². The smallest absolute Gasteiger partial charge is 0.233 e. The Kier molecular flexibility index (Phi) is 3.66. The maximum Gasteiger partial charge on any atom is 0.233 e. The van der Waals surface area contributed by atoms with E-state index in [0.717, 1.165) is 12.1 Å². The molecule has 5 heteroatoms. The molecule has 82 valence electrons. The summed E-state index contributed by atoms with van der Waals surface area (Å²) in [4.78, 5) is 12.0. The van der Waals surface area contributed by atoms with E-state index in [1.807, 2.05) is 18.2 Å². The molecule has 0 amide bonds. The first-order chi connectivity index (χ1) is 7.84. The van der Waals surface area contributed by atoms with Crippen LogP contribution in [0.3, 0.4) is 0 Å². The lowest BCUT2D eigenvalue weighted by Crippen LogP contribution is -2.04. The SMILES string of the molecule is Clc1cncc(OCCc2ccccn2)n1. The van der Waals surface area contributed by atoms with Crippen LogP contribution in [-0.2, 0) is 6.42 Å². The van der Waals surface area contributed by atoms with Crippen molar-refractivity contribution in [1.29, 1.82) is 0 Å². The first-order valence-corrected chi connectivity index (χ1v) is 5.22. The molecule has 0 aromatic carbocycles. The van der Waals surface area contributed by atoms with Crippen molar-refractivity contribution in [3.63, 3.8) is 0 Å². The molecular weight excluding hydrogens is 226 g/mol. The lowest BCUT2D eigenvalue weighted by atomic mass is 10.3. The second-order valence-corrected chi connectivity index (χ2v) is 3.49. The molecule has 0 atom stereocenters. The van der Waals surface area contributed by atoms with Crippen LogP contribution in [0.15, 0.2) is 36.8 Å². The number of rotatable bonds is 4. The van der Waals surface area contributed by atoms with E-state index in [1.54, 1.807) is 6.20 Å². The van der Waals surface area contributed by atoms with Crippen LogP contribution >= 0.6 is 11.6 Å². The van der Waals surface area contributed by atoms with E-state index in [4.69, 9.17) is 16.3 Å². The van der Waals surface area contributed by atoms with E-state index in [1.165, 1.54) is 12.4 Å². The molecule has 0 aliphatic heterocycles. The zero-order chi connectivity index (χ0) is 11.2. The van der Waals surface area contributed by atoms with Gasteiger partial charge in [-0.15, -0.1) is 0 Å². The van der Waals surface area contributed by atoms with Gasteiger partial charge < -0.3 is 4.74 Å². The van der Waals surface area contributed by atoms with E-state index in [9.17, 15) is 0 Å². The summed E-state index contributed by atoms with van der Waals surface area (Å²) in [6.07, 6.45) is 5.49. The van der Waals surface area contributed by atoms with E-state index in [2.05, 4.69) is 15.0 Å². The van der Waals surface area contributed by atoms with Gasteiger partial charge in [-0.3, -0.25) is 9.97 Å². The molecule has 0 saturated heterocycles. The second kappa shape index (κ2) is 5.42. The van der Waals surface area contributed by atoms with Crippen molar-refractivity contribution in [3.05, 3.63) is 47.6 Å². The minimum Gasteiger partial charge on any atom is -0.476 e. The Hall–Kier alpha value is -1.68. The van der Waals surface area contributed by atoms with Crippen molar-refractivity contribution in [2.45, 2.75) is 6.42 Å². The highest BCUT2D eigenvalue weighted by atomic mass is 35.5. The molecule has 2 aromatic rings. The molecule has 16 heavy (non-hydrogen) atoms. The highest BCUT2D eigenvalue weighted by molar-refractivity contribution is 6.29. The minimum absolute atomic E-state index is 0.329. The minimum atomic E-state index is 0.329. The van der Waals surface area contributed by atoms with Crippen molar-refractivity contribution in [2.24, 2.45) is 0 Å². The molecule has 0 spiro atoms. The highest BCUT2D eigenvalue weighted by Gasteiger charge is 1.98. The van der Waals surface area contributed by atoms with Gasteiger partial charge in [-0.2, -0.15) is 4.98 Å². The lowest BCUT2D eigenvalue weighted by molar-refractivity contribution is 0.307. The van der Waals surface area contributed by atoms with Crippen LogP contribution in [0.5, 0.6) is 5.88 Å². The fourth-order valence-electron chi connectivity index (χ4n) is 1.20. The van der Waals surface area contributed by atoms with Crippen molar-refractivity contribution in [3.8, 4) is 5.88 Å². The molecule has 0 aliphatic rings. The average Bonchev–Trinajstić information content (AvgIpc) is 2.30. The molecule has 4 nitrogen and oxygen atoms in total. The maximum absolute atomic E-state index is 5.67. The molecule has 0 aliphatic carbocycles. The number of hydrogen-bond donors (Lipinski definition) is 0. The van der Waals surface area contributed by atoms with Crippen molar-refractivity contribution in [1.82, 2.24) is 15.0 Å². The summed E-state index contributed by atoms with van der Waals surface area (Å²) < 4.78 is 5.39. The average molecular weight is 236 g/mol. The summed E-state index contributed by atoms with van der Waals surface area (Å²) in [5, 5.41) is 0.329. The standard InChI is InChI=1S/C11H10ClN3O/c12-10-7-13-8-11(15-10)16-6-4-9-3-1-2-5-14-9/h1-3,5,7-8H,4,6H2. The summed E-state index contributed by atoms with van der Waals surface area (Å²) in [6.45, 7) is 0.506. The third kappa shape index (κ3) is 3.17. The van der Waals surface area contributed by atoms with Crippen LogP contribution in [0.1, 0.15) is 5.69 Å². The molecule has 2 rings (SSSR count). The van der Waals surface area contributed by atoms with Crippen LogP contribution in [0.25, 0.3) is 0 Å². The second-order valence-electron chi connectivity index (χ2n) is 3.10. The Morgan fingerprint density at radius 3 is 2.94 bits per heavy atom. The van der Waals surface area contributed by atoms with Gasteiger partial charge in [0, 0.05) is 18.3 Å². The van der Waals surface area contributed by atoms with E-state index >= 15 is 0 Å². The van der Waals surface area contributed by atoms with E-state index in [-0.39, 0.29) is 0 Å². The Bertz CT molecular complexity index is 450. The van der Waals surface area contributed by atoms with Gasteiger partial charge in [0.25, 0.3) is 0 Å². The third-order valence-corrected chi connectivity index (χ3v) is 2.10. The Morgan fingerprint density at radius 1 is 1.25 bits per heavy atom. The van der Waals surface area contributed by atoms with Gasteiger partial charge in [0.05, 0.1) is 19.0 Å². The molecule has 0 fully saturated rings. The van der Waals surface area contributed by atoms with Crippen molar-refractivity contribution < 1.29 is 4.74 Å². The molecular formula is C11H10ClN3O. The summed E-state index contributed by atoms with van der Waals surface area (Å²) in [5.41, 5.74) is 0.984. The molecule has 0 N–H and O–H groups in total. The molecule has 0 unspecified atom stereocenters. The monoisotopic (exact) mass is 235 g/mol. The fraction of sp³-hybridized carbons (Fsp3) is 0.182. The summed E-state index contributed by atoms with van der Waals surface area (Å²) >= 11 is 5.67. The van der Waals surface area contributed by atoms with Crippen LogP contribution in [0, 0.1) is 0 Å². The predicted octanol–water partition coefficient (Wildman–Crippen LogP) is 2.15. The Morgan fingerprint density at radius 2 is 2.19 bits per heavy atom. The van der Waals surface area contributed by atoms with E-state index < -0.39 is 0 Å². The maximum atomic E-state index is 5.67. The van der Waals surface area contributed by atoms with E-state index in [0.29, 0.717) is 17.6 Å². The summed E-state index contributed by atoms with van der Waals surface area (Å²) in [5.74, 6) is 0.434. The zero-order valence-corrected chi connectivity index (χ0v) is 9.26. The molecule has 0 saturated carbocycles. The summed E-state index contributed by atoms with van der Waals surface area (Å²) in [7, 11) is 0. The van der Waals surface area contributed by atoms with Crippen LogP contribution < -0.4 is 4.74 Å². The van der Waals surface area contributed by atoms with Gasteiger partial charge in [0.15, 0.2) is 5.15 Å². The number of hydrogen-bond acceptors (Lipinski definition) is 4. The van der Waals surface area contributed by atoms with Gasteiger partial charge in [0.2, 0.25) is 5.88 Å². The first kappa shape index (κ1) is 10.8. The quantitative estimate of drug-likeness (QED) is 0.815. The molecule has 2 heterocycles. The molecule has 0 bridgehead atoms. The van der Waals surface area contributed by atoms with Gasteiger partial charge in [-0.25, -0.2) is 0 Å². The lowest BCUT2D eigenvalue weighted by Gasteiger charge is -2.04. The van der Waals surface area contributed by atoms with Crippen LogP contribution in [-0.4, -0.2) is 21.6 Å². The number of ether oxygens (including phenoxy) is 1. The number of halogens is 1. The van der Waals surface area contributed by atoms with Crippen LogP contribution in [0.4, 0.5) is 0 Å². The van der Waals surface area contributed by atoms with Gasteiger partial charge in [-0.05, 0) is 12.1 Å². The van der Waals surface area contributed by atoms with Gasteiger partial charge in [-0.1, -0.05) is 17.7 Å². The largest absolute Gasteiger partial charge is 0.476 e. The number of aromatic nitrogens is 3. The topological polar surface area (TPSA) is 47.9 Å². The molecule has 0 radical (unpaired) electrons. The van der Waals surface area contributed by atoms with Crippen molar-refractivity contribution >= 4 is 11.6 Å². The van der Waals surface area contributed by atoms with Gasteiger partial charge >= 0.3 is 0 Å². The number of nitrogens with zero attached hydrogens (tertiary/aromatic N) is 3. The fourth-order valence-corrected chi connectivity index (χ4v) is 1.34. The van der Waals surface area contributed by atoms with Crippen molar-refractivity contribution in [2.75, 3.05) is 6.61 Å². The normalized spacial score (nSPS) is 10.1. The predicted molar refractivity (Wildman–Crippen MR) is 60.5 cm³/mol. The van der Waals surface area contributed by atoms with Gasteiger partial charge in [0.1, 0.15) is 0 Å². The Balaban J connectivity index is 1.85. The third-order valence-electron chi connectivity index (χ3n) is 1.92. The highest BCUT2D eigenvalue weighted by Crippen LogP contribution is 2.09. The first-order valence-electron chi connectivity index (χ1n) is 4.85. The summed E-state index contributed by atoms with van der Waals surface area (Å²) in [6, 6.07) is 5.78. The Labute approximate surface area is 98.3 Å². The zero-order valence-electron chi connectivity index (χ0n) is 8.51. The molecule has 2 aromatic heterocycles. The number of pyridine rings is 1.